The first kappa shape index (κ1) is 14.7. The Bertz CT molecular complexity index is 336. The summed E-state index contributed by atoms with van der Waals surface area (Å²) in [6.07, 6.45) is 1.98. The summed E-state index contributed by atoms with van der Waals surface area (Å²) < 4.78 is 11.8. The maximum Gasteiger partial charge on any atom is 0.169 e. The number of hydrogen-bond acceptors (Lipinski definition) is 3. The van der Waals surface area contributed by atoms with Gasteiger partial charge in [-0.3, -0.25) is 0 Å². The fourth-order valence-corrected chi connectivity index (χ4v) is 2.02. The van der Waals surface area contributed by atoms with Gasteiger partial charge < -0.3 is 14.5 Å². The van der Waals surface area contributed by atoms with Crippen molar-refractivity contribution in [3.05, 3.63) is 22.6 Å². The van der Waals surface area contributed by atoms with Gasteiger partial charge in [0.2, 0.25) is 0 Å². The molecule has 1 aromatic heterocycles. The summed E-state index contributed by atoms with van der Waals surface area (Å²) in [6.45, 7) is 7.24. The van der Waals surface area contributed by atoms with Crippen LogP contribution in [0.2, 0.25) is 0 Å². The lowest BCUT2D eigenvalue weighted by Crippen LogP contribution is -2.27. The van der Waals surface area contributed by atoms with E-state index in [1.54, 1.807) is 7.11 Å². The quantitative estimate of drug-likeness (QED) is 0.829. The highest BCUT2D eigenvalue weighted by molar-refractivity contribution is 9.10. The van der Waals surface area contributed by atoms with E-state index in [1.807, 2.05) is 12.1 Å². The summed E-state index contributed by atoms with van der Waals surface area (Å²) in [4.78, 5) is 0. The summed E-state index contributed by atoms with van der Waals surface area (Å²) in [7, 11) is 1.76. The molecule has 0 aliphatic heterocycles. The van der Waals surface area contributed by atoms with E-state index in [0.717, 1.165) is 29.8 Å². The molecule has 0 fully saturated rings. The molecule has 1 rings (SSSR count). The van der Waals surface area contributed by atoms with E-state index < -0.39 is 0 Å². The van der Waals surface area contributed by atoms with Crippen molar-refractivity contribution in [1.29, 1.82) is 0 Å². The molecular weight excluding hydrogens is 282 g/mol. The third-order valence-electron chi connectivity index (χ3n) is 2.98. The van der Waals surface area contributed by atoms with E-state index in [9.17, 15) is 0 Å². The lowest BCUT2D eigenvalue weighted by Gasteiger charge is -2.25. The number of hydrogen-bond donors (Lipinski definition) is 1. The molecule has 1 heterocycles. The van der Waals surface area contributed by atoms with Crippen molar-refractivity contribution in [2.75, 3.05) is 13.7 Å². The van der Waals surface area contributed by atoms with E-state index in [-0.39, 0.29) is 11.6 Å². The van der Waals surface area contributed by atoms with Crippen LogP contribution in [0.25, 0.3) is 0 Å². The highest BCUT2D eigenvalue weighted by Crippen LogP contribution is 2.27. The molecule has 1 N–H and O–H groups in total. The molecular formula is C13H22BrNO2. The van der Waals surface area contributed by atoms with Crippen molar-refractivity contribution in [1.82, 2.24) is 5.32 Å². The normalized spacial score (nSPS) is 13.9. The second-order valence-corrected chi connectivity index (χ2v) is 5.54. The smallest absolute Gasteiger partial charge is 0.169 e. The lowest BCUT2D eigenvalue weighted by molar-refractivity contribution is 0.0112. The van der Waals surface area contributed by atoms with Gasteiger partial charge in [0.1, 0.15) is 5.76 Å². The fourth-order valence-electron chi connectivity index (χ4n) is 1.70. The van der Waals surface area contributed by atoms with Crippen LogP contribution in [0.15, 0.2) is 21.2 Å². The first-order chi connectivity index (χ1) is 7.98. The van der Waals surface area contributed by atoms with Crippen molar-refractivity contribution < 1.29 is 9.15 Å². The summed E-state index contributed by atoms with van der Waals surface area (Å²) in [5, 5.41) is 3.44. The second-order valence-electron chi connectivity index (χ2n) is 4.75. The zero-order valence-corrected chi connectivity index (χ0v) is 12.6. The van der Waals surface area contributed by atoms with Crippen LogP contribution in [0, 0.1) is 0 Å². The molecule has 4 heteroatoms. The fraction of sp³-hybridized carbons (Fsp3) is 0.692. The molecule has 3 nitrogen and oxygen atoms in total. The molecule has 1 atom stereocenters. The molecule has 0 aliphatic carbocycles. The maximum atomic E-state index is 5.61. The Hall–Kier alpha value is -0.320. The average molecular weight is 304 g/mol. The highest BCUT2D eigenvalue weighted by Gasteiger charge is 2.21. The Morgan fingerprint density at radius 2 is 2.18 bits per heavy atom. The number of ether oxygens (including phenoxy) is 1. The van der Waals surface area contributed by atoms with Gasteiger partial charge in [-0.05, 0) is 61.3 Å². The van der Waals surface area contributed by atoms with Crippen molar-refractivity contribution in [3.8, 4) is 0 Å². The van der Waals surface area contributed by atoms with Gasteiger partial charge in [0, 0.05) is 7.11 Å². The Morgan fingerprint density at radius 3 is 2.65 bits per heavy atom. The van der Waals surface area contributed by atoms with Crippen molar-refractivity contribution >= 4 is 15.9 Å². The Morgan fingerprint density at radius 1 is 1.47 bits per heavy atom. The Balaban J connectivity index is 2.61. The van der Waals surface area contributed by atoms with Gasteiger partial charge in [0.15, 0.2) is 4.67 Å². The molecule has 0 aromatic carbocycles. The van der Waals surface area contributed by atoms with E-state index in [1.165, 1.54) is 0 Å². The van der Waals surface area contributed by atoms with Gasteiger partial charge >= 0.3 is 0 Å². The van der Waals surface area contributed by atoms with Crippen LogP contribution in [0.5, 0.6) is 0 Å². The predicted molar refractivity (Wildman–Crippen MR) is 73.1 cm³/mol. The third kappa shape index (κ3) is 4.82. The molecule has 0 bridgehead atoms. The van der Waals surface area contributed by atoms with Crippen molar-refractivity contribution in [2.24, 2.45) is 0 Å². The number of furan rings is 1. The lowest BCUT2D eigenvalue weighted by atomic mass is 9.98. The monoisotopic (exact) mass is 303 g/mol. The molecule has 0 amide bonds. The topological polar surface area (TPSA) is 34.4 Å². The van der Waals surface area contributed by atoms with Crippen LogP contribution in [-0.4, -0.2) is 19.3 Å². The molecule has 0 aliphatic rings. The summed E-state index contributed by atoms with van der Waals surface area (Å²) >= 11 is 3.34. The minimum atomic E-state index is -0.0858. The minimum absolute atomic E-state index is 0.0858. The Kier molecular flexibility index (Phi) is 5.70. The van der Waals surface area contributed by atoms with Crippen LogP contribution >= 0.6 is 15.9 Å². The number of rotatable bonds is 7. The predicted octanol–water partition coefficient (Wildman–Crippen LogP) is 3.90. The Labute approximate surface area is 112 Å². The summed E-state index contributed by atoms with van der Waals surface area (Å²) in [5.41, 5.74) is -0.0858. The molecule has 1 unspecified atom stereocenters. The van der Waals surface area contributed by atoms with E-state index in [2.05, 4.69) is 42.0 Å². The van der Waals surface area contributed by atoms with Crippen LogP contribution in [-0.2, 0) is 4.74 Å². The maximum absolute atomic E-state index is 5.61. The van der Waals surface area contributed by atoms with Crippen LogP contribution in [0.4, 0.5) is 0 Å². The van der Waals surface area contributed by atoms with Crippen LogP contribution < -0.4 is 5.32 Å². The molecule has 17 heavy (non-hydrogen) atoms. The van der Waals surface area contributed by atoms with Gasteiger partial charge in [-0.1, -0.05) is 6.92 Å². The molecule has 0 spiro atoms. The van der Waals surface area contributed by atoms with E-state index >= 15 is 0 Å². The largest absolute Gasteiger partial charge is 0.453 e. The highest BCUT2D eigenvalue weighted by atomic mass is 79.9. The minimum Gasteiger partial charge on any atom is -0.453 e. The third-order valence-corrected chi connectivity index (χ3v) is 3.40. The second kappa shape index (κ2) is 6.57. The van der Waals surface area contributed by atoms with Gasteiger partial charge in [0.05, 0.1) is 11.6 Å². The number of nitrogens with one attached hydrogen (secondary N) is 1. The first-order valence-electron chi connectivity index (χ1n) is 6.02. The molecule has 1 aromatic rings. The summed E-state index contributed by atoms with van der Waals surface area (Å²) in [6, 6.07) is 4.19. The first-order valence-corrected chi connectivity index (χ1v) is 6.81. The molecule has 0 saturated heterocycles. The van der Waals surface area contributed by atoms with Gasteiger partial charge in [-0.15, -0.1) is 0 Å². The van der Waals surface area contributed by atoms with Crippen LogP contribution in [0.1, 0.15) is 45.4 Å². The summed E-state index contributed by atoms with van der Waals surface area (Å²) in [5.74, 6) is 0.977. The zero-order chi connectivity index (χ0) is 12.9. The molecule has 98 valence electrons. The molecule has 0 radical (unpaired) electrons. The van der Waals surface area contributed by atoms with E-state index in [4.69, 9.17) is 9.15 Å². The number of methoxy groups -OCH3 is 1. The average Bonchev–Trinajstić information content (AvgIpc) is 2.71. The van der Waals surface area contributed by atoms with Gasteiger partial charge in [-0.2, -0.15) is 0 Å². The van der Waals surface area contributed by atoms with Crippen molar-refractivity contribution in [3.63, 3.8) is 0 Å². The standard InChI is InChI=1S/C13H22BrNO2/c1-5-15-10(8-9-13(2,3)16-4)11-6-7-12(14)17-11/h6-7,10,15H,5,8-9H2,1-4H3. The van der Waals surface area contributed by atoms with E-state index in [0.29, 0.717) is 0 Å². The number of halogens is 1. The molecule has 0 saturated carbocycles. The SMILES string of the molecule is CCNC(CCC(C)(C)OC)c1ccc(Br)o1. The van der Waals surface area contributed by atoms with Crippen LogP contribution in [0.3, 0.4) is 0 Å². The van der Waals surface area contributed by atoms with Gasteiger partial charge in [0.25, 0.3) is 0 Å². The van der Waals surface area contributed by atoms with Crippen molar-refractivity contribution in [2.45, 2.75) is 45.3 Å². The van der Waals surface area contributed by atoms with Gasteiger partial charge in [-0.25, -0.2) is 0 Å². The zero-order valence-electron chi connectivity index (χ0n) is 11.0.